The number of hydrogen-bond donors (Lipinski definition) is 0. The summed E-state index contributed by atoms with van der Waals surface area (Å²) >= 11 is 11.7. The molecule has 0 aliphatic carbocycles. The first kappa shape index (κ1) is 15.0. The van der Waals surface area contributed by atoms with Crippen LogP contribution >= 0.6 is 35.6 Å². The summed E-state index contributed by atoms with van der Waals surface area (Å²) in [7, 11) is 3.86. The lowest BCUT2D eigenvalue weighted by Gasteiger charge is -2.15. The van der Waals surface area contributed by atoms with E-state index in [1.807, 2.05) is 19.0 Å². The van der Waals surface area contributed by atoms with Crippen LogP contribution < -0.4 is 0 Å². The molecule has 0 saturated heterocycles. The molecule has 1 rings (SSSR count). The number of likely N-dealkylation sites (N-methyl/N-ethyl adjacent to an activating group) is 1. The Labute approximate surface area is 106 Å². The monoisotopic (exact) mass is 271 g/mol. The SMILES string of the molecule is CN(C)CC(Cl)c1ccc(F)c(Cl)c1.Cl. The Balaban J connectivity index is 0.00000196. The van der Waals surface area contributed by atoms with E-state index < -0.39 is 5.82 Å². The Kier molecular flexibility index (Phi) is 6.53. The fourth-order valence-corrected chi connectivity index (χ4v) is 1.73. The van der Waals surface area contributed by atoms with Crippen LogP contribution in [0.4, 0.5) is 4.39 Å². The van der Waals surface area contributed by atoms with Crippen LogP contribution in [-0.4, -0.2) is 25.5 Å². The number of benzene rings is 1. The Morgan fingerprint density at radius 2 is 2.00 bits per heavy atom. The quantitative estimate of drug-likeness (QED) is 0.758. The van der Waals surface area contributed by atoms with Gasteiger partial charge in [0.2, 0.25) is 0 Å². The van der Waals surface area contributed by atoms with Crippen LogP contribution in [0.15, 0.2) is 18.2 Å². The molecule has 0 bridgehead atoms. The van der Waals surface area contributed by atoms with Crippen molar-refractivity contribution in [1.82, 2.24) is 4.90 Å². The lowest BCUT2D eigenvalue weighted by molar-refractivity contribution is 0.407. The average Bonchev–Trinajstić information content (AvgIpc) is 2.08. The minimum atomic E-state index is -0.413. The maximum atomic E-state index is 12.8. The first-order chi connectivity index (χ1) is 6.50. The molecule has 0 amide bonds. The van der Waals surface area contributed by atoms with Gasteiger partial charge < -0.3 is 4.90 Å². The molecule has 0 N–H and O–H groups in total. The van der Waals surface area contributed by atoms with Crippen LogP contribution in [0.3, 0.4) is 0 Å². The Hall–Kier alpha value is -0.0200. The Morgan fingerprint density at radius 1 is 1.40 bits per heavy atom. The van der Waals surface area contributed by atoms with E-state index in [4.69, 9.17) is 23.2 Å². The maximum absolute atomic E-state index is 12.8. The second-order valence-electron chi connectivity index (χ2n) is 3.40. The van der Waals surface area contributed by atoms with Gasteiger partial charge in [-0.05, 0) is 31.8 Å². The van der Waals surface area contributed by atoms with Crippen molar-refractivity contribution in [2.24, 2.45) is 0 Å². The molecule has 5 heteroatoms. The highest BCUT2D eigenvalue weighted by atomic mass is 35.5. The molecule has 86 valence electrons. The summed E-state index contributed by atoms with van der Waals surface area (Å²) in [6.07, 6.45) is 0. The van der Waals surface area contributed by atoms with Gasteiger partial charge in [-0.15, -0.1) is 24.0 Å². The molecule has 15 heavy (non-hydrogen) atoms. The predicted molar refractivity (Wildman–Crippen MR) is 65.8 cm³/mol. The van der Waals surface area contributed by atoms with Crippen LogP contribution in [0.25, 0.3) is 0 Å². The molecule has 1 aromatic rings. The van der Waals surface area contributed by atoms with Gasteiger partial charge >= 0.3 is 0 Å². The largest absolute Gasteiger partial charge is 0.308 e. The molecular formula is C10H13Cl3FN. The molecule has 0 spiro atoms. The lowest BCUT2D eigenvalue weighted by atomic mass is 10.1. The van der Waals surface area contributed by atoms with Gasteiger partial charge in [-0.25, -0.2) is 4.39 Å². The van der Waals surface area contributed by atoms with E-state index in [1.165, 1.54) is 6.07 Å². The van der Waals surface area contributed by atoms with Crippen molar-refractivity contribution in [3.05, 3.63) is 34.6 Å². The third-order valence-electron chi connectivity index (χ3n) is 1.83. The number of halogens is 4. The highest BCUT2D eigenvalue weighted by molar-refractivity contribution is 6.31. The third-order valence-corrected chi connectivity index (χ3v) is 2.51. The molecule has 0 aromatic heterocycles. The van der Waals surface area contributed by atoms with Crippen molar-refractivity contribution in [2.75, 3.05) is 20.6 Å². The van der Waals surface area contributed by atoms with Crippen molar-refractivity contribution >= 4 is 35.6 Å². The summed E-state index contributed by atoms with van der Waals surface area (Å²) in [5, 5.41) is -0.0463. The molecule has 1 atom stereocenters. The van der Waals surface area contributed by atoms with Gasteiger partial charge in [-0.2, -0.15) is 0 Å². The van der Waals surface area contributed by atoms with Crippen LogP contribution in [-0.2, 0) is 0 Å². The van der Waals surface area contributed by atoms with E-state index in [-0.39, 0.29) is 22.8 Å². The molecule has 1 unspecified atom stereocenters. The summed E-state index contributed by atoms with van der Waals surface area (Å²) < 4.78 is 12.8. The minimum Gasteiger partial charge on any atom is -0.308 e. The number of hydrogen-bond acceptors (Lipinski definition) is 1. The van der Waals surface area contributed by atoms with E-state index in [9.17, 15) is 4.39 Å². The topological polar surface area (TPSA) is 3.24 Å². The molecule has 0 aliphatic heterocycles. The van der Waals surface area contributed by atoms with E-state index in [2.05, 4.69) is 0 Å². The van der Waals surface area contributed by atoms with Gasteiger partial charge in [0.15, 0.2) is 0 Å². The normalized spacial score (nSPS) is 12.4. The van der Waals surface area contributed by atoms with Crippen molar-refractivity contribution in [3.8, 4) is 0 Å². The van der Waals surface area contributed by atoms with E-state index >= 15 is 0 Å². The van der Waals surface area contributed by atoms with E-state index in [0.29, 0.717) is 6.54 Å². The first-order valence-electron chi connectivity index (χ1n) is 4.24. The highest BCUT2D eigenvalue weighted by Gasteiger charge is 2.10. The second kappa shape index (κ2) is 6.54. The van der Waals surface area contributed by atoms with Crippen LogP contribution in [0.1, 0.15) is 10.9 Å². The third kappa shape index (κ3) is 4.56. The first-order valence-corrected chi connectivity index (χ1v) is 5.06. The second-order valence-corrected chi connectivity index (χ2v) is 4.34. The van der Waals surface area contributed by atoms with E-state index in [1.54, 1.807) is 12.1 Å². The molecule has 1 nitrogen and oxygen atoms in total. The smallest absolute Gasteiger partial charge is 0.141 e. The minimum absolute atomic E-state index is 0. The van der Waals surface area contributed by atoms with Crippen LogP contribution in [0, 0.1) is 5.82 Å². The Morgan fingerprint density at radius 3 is 2.47 bits per heavy atom. The maximum Gasteiger partial charge on any atom is 0.141 e. The zero-order valence-electron chi connectivity index (χ0n) is 8.51. The zero-order chi connectivity index (χ0) is 10.7. The van der Waals surface area contributed by atoms with Crippen molar-refractivity contribution in [3.63, 3.8) is 0 Å². The van der Waals surface area contributed by atoms with Gasteiger partial charge in [0.05, 0.1) is 10.4 Å². The van der Waals surface area contributed by atoms with Gasteiger partial charge in [0.1, 0.15) is 5.82 Å². The van der Waals surface area contributed by atoms with Crippen LogP contribution in [0.2, 0.25) is 5.02 Å². The molecule has 0 radical (unpaired) electrons. The summed E-state index contributed by atoms with van der Waals surface area (Å²) in [6, 6.07) is 4.56. The zero-order valence-corrected chi connectivity index (χ0v) is 10.8. The summed E-state index contributed by atoms with van der Waals surface area (Å²) in [6.45, 7) is 0.698. The van der Waals surface area contributed by atoms with Crippen molar-refractivity contribution < 1.29 is 4.39 Å². The fraction of sp³-hybridized carbons (Fsp3) is 0.400. The van der Waals surface area contributed by atoms with Gasteiger partial charge in [0.25, 0.3) is 0 Å². The molecule has 0 aliphatic rings. The van der Waals surface area contributed by atoms with Crippen LogP contribution in [0.5, 0.6) is 0 Å². The summed E-state index contributed by atoms with van der Waals surface area (Å²) in [5.41, 5.74) is 0.840. The predicted octanol–water partition coefficient (Wildman–Crippen LogP) is 3.74. The van der Waals surface area contributed by atoms with Gasteiger partial charge in [0, 0.05) is 6.54 Å². The number of nitrogens with zero attached hydrogens (tertiary/aromatic N) is 1. The summed E-state index contributed by atoms with van der Waals surface area (Å²) in [5.74, 6) is -0.413. The molecule has 1 aromatic carbocycles. The van der Waals surface area contributed by atoms with Gasteiger partial charge in [-0.1, -0.05) is 17.7 Å². The van der Waals surface area contributed by atoms with E-state index in [0.717, 1.165) is 5.56 Å². The average molecular weight is 273 g/mol. The molecular weight excluding hydrogens is 259 g/mol. The molecule has 0 saturated carbocycles. The van der Waals surface area contributed by atoms with Gasteiger partial charge in [-0.3, -0.25) is 0 Å². The fourth-order valence-electron chi connectivity index (χ4n) is 1.13. The standard InChI is InChI=1S/C10H12Cl2FN.ClH/c1-14(2)6-9(12)7-3-4-10(13)8(11)5-7;/h3-5,9H,6H2,1-2H3;1H. The number of alkyl halides is 1. The van der Waals surface area contributed by atoms with Crippen molar-refractivity contribution in [2.45, 2.75) is 5.38 Å². The summed E-state index contributed by atoms with van der Waals surface area (Å²) in [4.78, 5) is 1.97. The highest BCUT2D eigenvalue weighted by Crippen LogP contribution is 2.25. The lowest BCUT2D eigenvalue weighted by Crippen LogP contribution is -2.17. The van der Waals surface area contributed by atoms with Crippen molar-refractivity contribution in [1.29, 1.82) is 0 Å². The Bertz CT molecular complexity index is 318. The molecule has 0 heterocycles. The number of rotatable bonds is 3. The molecule has 0 fully saturated rings.